The Morgan fingerprint density at radius 1 is 1.20 bits per heavy atom. The van der Waals surface area contributed by atoms with Crippen LogP contribution in [-0.2, 0) is 0 Å². The van der Waals surface area contributed by atoms with Crippen molar-refractivity contribution in [1.82, 2.24) is 10.6 Å². The first-order valence-corrected chi connectivity index (χ1v) is 8.16. The molecule has 3 fully saturated rings. The van der Waals surface area contributed by atoms with Crippen LogP contribution in [0.5, 0.6) is 0 Å². The van der Waals surface area contributed by atoms with E-state index >= 15 is 0 Å². The number of carbonyl (C=O) groups is 1. The van der Waals surface area contributed by atoms with Crippen molar-refractivity contribution in [2.45, 2.75) is 70.4 Å². The lowest BCUT2D eigenvalue weighted by Crippen LogP contribution is -2.52. The maximum Gasteiger partial charge on any atom is 0.315 e. The van der Waals surface area contributed by atoms with Crippen LogP contribution >= 0.6 is 0 Å². The van der Waals surface area contributed by atoms with Gasteiger partial charge in [-0.05, 0) is 43.9 Å². The SMILES string of the molecule is CC(C)(CNC(=O)NC1CC2CC2C1)C1(O)CCCC1. The van der Waals surface area contributed by atoms with Gasteiger partial charge >= 0.3 is 6.03 Å². The van der Waals surface area contributed by atoms with E-state index in [4.69, 9.17) is 0 Å². The van der Waals surface area contributed by atoms with E-state index in [1.54, 1.807) is 0 Å². The Labute approximate surface area is 121 Å². The van der Waals surface area contributed by atoms with Gasteiger partial charge in [0.15, 0.2) is 0 Å². The normalized spacial score (nSPS) is 34.6. The third-order valence-electron chi connectivity index (χ3n) is 5.96. The topological polar surface area (TPSA) is 61.4 Å². The molecule has 3 rings (SSSR count). The summed E-state index contributed by atoms with van der Waals surface area (Å²) in [6, 6.07) is 0.308. The van der Waals surface area contributed by atoms with E-state index < -0.39 is 5.60 Å². The smallest absolute Gasteiger partial charge is 0.315 e. The number of aliphatic hydroxyl groups is 1. The predicted molar refractivity (Wildman–Crippen MR) is 78.4 cm³/mol. The van der Waals surface area contributed by atoms with Crippen molar-refractivity contribution in [3.63, 3.8) is 0 Å². The van der Waals surface area contributed by atoms with Crippen LogP contribution in [0.15, 0.2) is 0 Å². The summed E-state index contributed by atoms with van der Waals surface area (Å²) >= 11 is 0. The van der Waals surface area contributed by atoms with Gasteiger partial charge < -0.3 is 15.7 Å². The summed E-state index contributed by atoms with van der Waals surface area (Å²) in [5.74, 6) is 1.77. The molecule has 0 heterocycles. The molecule has 2 unspecified atom stereocenters. The fourth-order valence-electron chi connectivity index (χ4n) is 4.17. The molecule has 0 aliphatic heterocycles. The van der Waals surface area contributed by atoms with Gasteiger partial charge in [0, 0.05) is 18.0 Å². The lowest BCUT2D eigenvalue weighted by atomic mass is 9.73. The van der Waals surface area contributed by atoms with Crippen molar-refractivity contribution in [3.05, 3.63) is 0 Å². The molecule has 4 heteroatoms. The predicted octanol–water partition coefficient (Wildman–Crippen LogP) is 2.42. The highest BCUT2D eigenvalue weighted by Gasteiger charge is 2.47. The van der Waals surface area contributed by atoms with Gasteiger partial charge in [0.2, 0.25) is 0 Å². The van der Waals surface area contributed by atoms with Crippen LogP contribution in [0.2, 0.25) is 0 Å². The van der Waals surface area contributed by atoms with Gasteiger partial charge in [-0.2, -0.15) is 0 Å². The van der Waals surface area contributed by atoms with E-state index in [1.165, 1.54) is 6.42 Å². The molecule has 0 bridgehead atoms. The molecule has 0 saturated heterocycles. The molecular weight excluding hydrogens is 252 g/mol. The Kier molecular flexibility index (Phi) is 3.47. The number of urea groups is 1. The van der Waals surface area contributed by atoms with E-state index in [-0.39, 0.29) is 11.4 Å². The Morgan fingerprint density at radius 2 is 1.80 bits per heavy atom. The third-order valence-corrected chi connectivity index (χ3v) is 5.96. The van der Waals surface area contributed by atoms with Crippen LogP contribution in [0.4, 0.5) is 4.79 Å². The quantitative estimate of drug-likeness (QED) is 0.740. The minimum atomic E-state index is -0.616. The van der Waals surface area contributed by atoms with Crippen LogP contribution < -0.4 is 10.6 Å². The number of fused-ring (bicyclic) bond motifs is 1. The number of nitrogens with one attached hydrogen (secondary N) is 2. The van der Waals surface area contributed by atoms with E-state index in [0.29, 0.717) is 12.6 Å². The first kappa shape index (κ1) is 14.2. The van der Waals surface area contributed by atoms with E-state index in [0.717, 1.165) is 50.4 Å². The first-order valence-electron chi connectivity index (χ1n) is 8.16. The molecule has 0 radical (unpaired) electrons. The van der Waals surface area contributed by atoms with E-state index in [9.17, 15) is 9.90 Å². The van der Waals surface area contributed by atoms with Crippen LogP contribution in [0.25, 0.3) is 0 Å². The number of carbonyl (C=O) groups excluding carboxylic acids is 1. The summed E-state index contributed by atoms with van der Waals surface area (Å²) in [5, 5.41) is 16.7. The van der Waals surface area contributed by atoms with Gasteiger partial charge in [-0.15, -0.1) is 0 Å². The maximum atomic E-state index is 12.0. The molecule has 3 N–H and O–H groups in total. The summed E-state index contributed by atoms with van der Waals surface area (Å²) in [7, 11) is 0. The van der Waals surface area contributed by atoms with Crippen molar-refractivity contribution in [1.29, 1.82) is 0 Å². The molecule has 3 saturated carbocycles. The first-order chi connectivity index (χ1) is 9.40. The Morgan fingerprint density at radius 3 is 2.40 bits per heavy atom. The van der Waals surface area contributed by atoms with E-state index in [1.807, 2.05) is 0 Å². The summed E-state index contributed by atoms with van der Waals surface area (Å²) in [6.07, 6.45) is 7.59. The molecule has 3 aliphatic carbocycles. The standard InChI is InChI=1S/C16H28N2O2/c1-15(2,16(20)5-3-4-6-16)10-17-14(19)18-13-8-11-7-12(11)9-13/h11-13,20H,3-10H2,1-2H3,(H2,17,18,19). The fourth-order valence-corrected chi connectivity index (χ4v) is 4.17. The monoisotopic (exact) mass is 280 g/mol. The van der Waals surface area contributed by atoms with Crippen LogP contribution in [0.3, 0.4) is 0 Å². The second-order valence-corrected chi connectivity index (χ2v) is 7.87. The van der Waals surface area contributed by atoms with Crippen molar-refractivity contribution in [3.8, 4) is 0 Å². The summed E-state index contributed by atoms with van der Waals surface area (Å²) in [5.41, 5.74) is -0.881. The minimum Gasteiger partial charge on any atom is -0.389 e. The largest absolute Gasteiger partial charge is 0.389 e. The summed E-state index contributed by atoms with van der Waals surface area (Å²) in [4.78, 5) is 12.0. The van der Waals surface area contributed by atoms with Gasteiger partial charge in [0.1, 0.15) is 0 Å². The lowest BCUT2D eigenvalue weighted by molar-refractivity contribution is -0.0587. The van der Waals surface area contributed by atoms with Crippen LogP contribution in [0.1, 0.15) is 58.8 Å². The highest BCUT2D eigenvalue weighted by molar-refractivity contribution is 5.74. The number of hydrogen-bond acceptors (Lipinski definition) is 2. The van der Waals surface area contributed by atoms with Crippen molar-refractivity contribution in [2.75, 3.05) is 6.54 Å². The highest BCUT2D eigenvalue weighted by atomic mass is 16.3. The van der Waals surface area contributed by atoms with Crippen molar-refractivity contribution < 1.29 is 9.90 Å². The Bertz CT molecular complexity index is 378. The lowest BCUT2D eigenvalue weighted by Gasteiger charge is -2.40. The number of amides is 2. The second kappa shape index (κ2) is 4.90. The van der Waals surface area contributed by atoms with E-state index in [2.05, 4.69) is 24.5 Å². The minimum absolute atomic E-state index is 0.0639. The Hall–Kier alpha value is -0.770. The molecule has 114 valence electrons. The third kappa shape index (κ3) is 2.67. The zero-order valence-corrected chi connectivity index (χ0v) is 12.7. The molecule has 4 nitrogen and oxygen atoms in total. The van der Waals surface area contributed by atoms with Gasteiger partial charge in [0.25, 0.3) is 0 Å². The van der Waals surface area contributed by atoms with Gasteiger partial charge in [-0.3, -0.25) is 0 Å². The molecule has 3 aliphatic rings. The second-order valence-electron chi connectivity index (χ2n) is 7.87. The number of hydrogen-bond donors (Lipinski definition) is 3. The molecule has 2 amide bonds. The Balaban J connectivity index is 1.44. The molecule has 20 heavy (non-hydrogen) atoms. The molecule has 0 aromatic rings. The molecule has 0 spiro atoms. The van der Waals surface area contributed by atoms with Gasteiger partial charge in [-0.25, -0.2) is 4.79 Å². The average molecular weight is 280 g/mol. The zero-order chi connectivity index (χ0) is 14.4. The van der Waals surface area contributed by atoms with Crippen LogP contribution in [0, 0.1) is 17.3 Å². The van der Waals surface area contributed by atoms with Gasteiger partial charge in [-0.1, -0.05) is 26.7 Å². The number of rotatable bonds is 4. The average Bonchev–Trinajstić information content (AvgIpc) is 2.79. The zero-order valence-electron chi connectivity index (χ0n) is 12.7. The van der Waals surface area contributed by atoms with Crippen LogP contribution in [-0.4, -0.2) is 29.3 Å². The van der Waals surface area contributed by atoms with Gasteiger partial charge in [0.05, 0.1) is 5.60 Å². The molecule has 2 atom stereocenters. The molecule has 0 aromatic carbocycles. The maximum absolute atomic E-state index is 12.0. The fraction of sp³-hybridized carbons (Fsp3) is 0.938. The summed E-state index contributed by atoms with van der Waals surface area (Å²) in [6.45, 7) is 4.65. The molecule has 0 aromatic heterocycles. The summed E-state index contributed by atoms with van der Waals surface area (Å²) < 4.78 is 0. The highest BCUT2D eigenvalue weighted by Crippen LogP contribution is 2.51. The van der Waals surface area contributed by atoms with Crippen molar-refractivity contribution in [2.24, 2.45) is 17.3 Å². The van der Waals surface area contributed by atoms with Crippen molar-refractivity contribution >= 4 is 6.03 Å². The molecular formula is C16H28N2O2.